The van der Waals surface area contributed by atoms with Gasteiger partial charge in [-0.3, -0.25) is 24.3 Å². The SMILES string of the molecule is Cc1nn(C)cc1NC(=O)c1ccc(Cn2cc([N+](=O)[O-])cn2)cc1. The number of nitrogens with one attached hydrogen (secondary N) is 1. The summed E-state index contributed by atoms with van der Waals surface area (Å²) in [6, 6.07) is 6.99. The molecule has 1 N–H and O–H groups in total. The Bertz CT molecular complexity index is 926. The second-order valence-corrected chi connectivity index (χ2v) is 5.61. The van der Waals surface area contributed by atoms with Gasteiger partial charge in [-0.05, 0) is 24.6 Å². The number of nitro groups is 1. The molecule has 0 aliphatic heterocycles. The summed E-state index contributed by atoms with van der Waals surface area (Å²) in [4.78, 5) is 22.5. The lowest BCUT2D eigenvalue weighted by atomic mass is 10.1. The highest BCUT2D eigenvalue weighted by Gasteiger charge is 2.11. The van der Waals surface area contributed by atoms with E-state index in [1.54, 1.807) is 42.2 Å². The molecule has 1 aromatic carbocycles. The van der Waals surface area contributed by atoms with Crippen LogP contribution in [-0.2, 0) is 13.6 Å². The van der Waals surface area contributed by atoms with Gasteiger partial charge in [0.05, 0.1) is 22.8 Å². The van der Waals surface area contributed by atoms with Crippen LogP contribution in [0.25, 0.3) is 0 Å². The number of benzene rings is 1. The maximum atomic E-state index is 12.3. The number of aromatic nitrogens is 4. The first-order chi connectivity index (χ1) is 11.9. The topological polar surface area (TPSA) is 108 Å². The second-order valence-electron chi connectivity index (χ2n) is 5.61. The Labute approximate surface area is 143 Å². The van der Waals surface area contributed by atoms with Crippen molar-refractivity contribution >= 4 is 17.3 Å². The standard InChI is InChI=1S/C16H16N6O3/c1-11-15(10-20(2)19-11)18-16(23)13-5-3-12(4-6-13)8-21-9-14(7-17-21)22(24)25/h3-7,9-10H,8H2,1-2H3,(H,18,23). The fourth-order valence-corrected chi connectivity index (χ4v) is 2.40. The summed E-state index contributed by atoms with van der Waals surface area (Å²) in [5.74, 6) is -0.225. The smallest absolute Gasteiger partial charge is 0.307 e. The molecule has 0 saturated heterocycles. The number of hydrogen-bond acceptors (Lipinski definition) is 5. The van der Waals surface area contributed by atoms with Gasteiger partial charge in [-0.15, -0.1) is 0 Å². The molecular formula is C16H16N6O3. The van der Waals surface area contributed by atoms with Crippen molar-refractivity contribution in [2.75, 3.05) is 5.32 Å². The Morgan fingerprint density at radius 2 is 2.00 bits per heavy atom. The van der Waals surface area contributed by atoms with Gasteiger partial charge in [-0.1, -0.05) is 12.1 Å². The molecule has 128 valence electrons. The van der Waals surface area contributed by atoms with Gasteiger partial charge in [-0.2, -0.15) is 10.2 Å². The molecule has 3 rings (SSSR count). The van der Waals surface area contributed by atoms with E-state index in [1.807, 2.05) is 6.92 Å². The third kappa shape index (κ3) is 3.71. The molecule has 0 saturated carbocycles. The highest BCUT2D eigenvalue weighted by atomic mass is 16.6. The minimum atomic E-state index is -0.489. The summed E-state index contributed by atoms with van der Waals surface area (Å²) >= 11 is 0. The summed E-state index contributed by atoms with van der Waals surface area (Å²) in [6.45, 7) is 2.21. The zero-order valence-electron chi connectivity index (χ0n) is 13.7. The maximum absolute atomic E-state index is 12.3. The molecule has 3 aromatic rings. The average molecular weight is 340 g/mol. The Balaban J connectivity index is 1.67. The Kier molecular flexibility index (Phi) is 4.29. The van der Waals surface area contributed by atoms with Crippen LogP contribution in [0.3, 0.4) is 0 Å². The van der Waals surface area contributed by atoms with E-state index >= 15 is 0 Å². The van der Waals surface area contributed by atoms with Crippen molar-refractivity contribution < 1.29 is 9.72 Å². The number of rotatable bonds is 5. The minimum absolute atomic E-state index is 0.0529. The van der Waals surface area contributed by atoms with Crippen LogP contribution in [-0.4, -0.2) is 30.4 Å². The van der Waals surface area contributed by atoms with Crippen LogP contribution >= 0.6 is 0 Å². The summed E-state index contributed by atoms with van der Waals surface area (Å²) < 4.78 is 3.11. The zero-order chi connectivity index (χ0) is 18.0. The van der Waals surface area contributed by atoms with Crippen LogP contribution < -0.4 is 5.32 Å². The Hall–Kier alpha value is -3.49. The molecule has 0 aliphatic rings. The van der Waals surface area contributed by atoms with Crippen LogP contribution in [0.5, 0.6) is 0 Å². The van der Waals surface area contributed by atoms with Gasteiger partial charge >= 0.3 is 5.69 Å². The Morgan fingerprint density at radius 1 is 1.28 bits per heavy atom. The number of aryl methyl sites for hydroxylation is 2. The molecular weight excluding hydrogens is 324 g/mol. The van der Waals surface area contributed by atoms with Crippen LogP contribution in [0, 0.1) is 17.0 Å². The van der Waals surface area contributed by atoms with Gasteiger partial charge < -0.3 is 5.32 Å². The first-order valence-electron chi connectivity index (χ1n) is 7.50. The molecule has 0 atom stereocenters. The molecule has 0 spiro atoms. The molecule has 2 aromatic heterocycles. The van der Waals surface area contributed by atoms with E-state index in [2.05, 4.69) is 15.5 Å². The van der Waals surface area contributed by atoms with Gasteiger partial charge in [-0.25, -0.2) is 0 Å². The van der Waals surface area contributed by atoms with E-state index in [1.165, 1.54) is 17.1 Å². The lowest BCUT2D eigenvalue weighted by Crippen LogP contribution is -2.12. The van der Waals surface area contributed by atoms with Gasteiger partial charge in [0.1, 0.15) is 12.4 Å². The number of amides is 1. The quantitative estimate of drug-likeness (QED) is 0.565. The number of carbonyl (C=O) groups is 1. The molecule has 0 bridgehead atoms. The number of carbonyl (C=O) groups excluding carboxylic acids is 1. The van der Waals surface area contributed by atoms with Crippen molar-refractivity contribution in [2.24, 2.45) is 7.05 Å². The third-order valence-electron chi connectivity index (χ3n) is 3.65. The number of nitrogens with zero attached hydrogens (tertiary/aromatic N) is 5. The third-order valence-corrected chi connectivity index (χ3v) is 3.65. The zero-order valence-corrected chi connectivity index (χ0v) is 13.7. The van der Waals surface area contributed by atoms with Crippen LogP contribution in [0.1, 0.15) is 21.6 Å². The molecule has 0 fully saturated rings. The maximum Gasteiger partial charge on any atom is 0.307 e. The highest BCUT2D eigenvalue weighted by Crippen LogP contribution is 2.15. The average Bonchev–Trinajstić information content (AvgIpc) is 3.15. The molecule has 0 aliphatic carbocycles. The van der Waals surface area contributed by atoms with Gasteiger partial charge in [0.15, 0.2) is 0 Å². The fourth-order valence-electron chi connectivity index (χ4n) is 2.40. The molecule has 25 heavy (non-hydrogen) atoms. The van der Waals surface area contributed by atoms with Crippen molar-refractivity contribution in [1.82, 2.24) is 19.6 Å². The van der Waals surface area contributed by atoms with Crippen molar-refractivity contribution in [3.63, 3.8) is 0 Å². The predicted molar refractivity (Wildman–Crippen MR) is 90.3 cm³/mol. The highest BCUT2D eigenvalue weighted by molar-refractivity contribution is 6.04. The molecule has 9 nitrogen and oxygen atoms in total. The summed E-state index contributed by atoms with van der Waals surface area (Å²) in [6.07, 6.45) is 4.32. The molecule has 2 heterocycles. The molecule has 1 amide bonds. The van der Waals surface area contributed by atoms with E-state index in [-0.39, 0.29) is 11.6 Å². The summed E-state index contributed by atoms with van der Waals surface area (Å²) in [7, 11) is 1.79. The van der Waals surface area contributed by atoms with Crippen molar-refractivity contribution in [1.29, 1.82) is 0 Å². The largest absolute Gasteiger partial charge is 0.319 e. The van der Waals surface area contributed by atoms with Gasteiger partial charge in [0, 0.05) is 18.8 Å². The summed E-state index contributed by atoms with van der Waals surface area (Å²) in [5, 5.41) is 21.6. The van der Waals surface area contributed by atoms with E-state index in [4.69, 9.17) is 0 Å². The van der Waals surface area contributed by atoms with Crippen LogP contribution in [0.2, 0.25) is 0 Å². The normalized spacial score (nSPS) is 10.6. The lowest BCUT2D eigenvalue weighted by Gasteiger charge is -2.05. The van der Waals surface area contributed by atoms with E-state index in [0.29, 0.717) is 17.8 Å². The number of anilines is 1. The number of hydrogen-bond donors (Lipinski definition) is 1. The van der Waals surface area contributed by atoms with Gasteiger partial charge in [0.25, 0.3) is 5.91 Å². The van der Waals surface area contributed by atoms with E-state index in [9.17, 15) is 14.9 Å². The first kappa shape index (κ1) is 16.4. The Morgan fingerprint density at radius 3 is 2.56 bits per heavy atom. The van der Waals surface area contributed by atoms with Crippen molar-refractivity contribution in [3.05, 3.63) is 69.8 Å². The summed E-state index contributed by atoms with van der Waals surface area (Å²) in [5.41, 5.74) is 2.75. The molecule has 0 radical (unpaired) electrons. The lowest BCUT2D eigenvalue weighted by molar-refractivity contribution is -0.385. The van der Waals surface area contributed by atoms with E-state index < -0.39 is 4.92 Å². The predicted octanol–water partition coefficient (Wildman–Crippen LogP) is 2.13. The monoisotopic (exact) mass is 340 g/mol. The van der Waals surface area contributed by atoms with Gasteiger partial charge in [0.2, 0.25) is 0 Å². The van der Waals surface area contributed by atoms with Crippen molar-refractivity contribution in [2.45, 2.75) is 13.5 Å². The first-order valence-corrected chi connectivity index (χ1v) is 7.50. The fraction of sp³-hybridized carbons (Fsp3) is 0.188. The van der Waals surface area contributed by atoms with Crippen LogP contribution in [0.4, 0.5) is 11.4 Å². The van der Waals surface area contributed by atoms with E-state index in [0.717, 1.165) is 11.3 Å². The molecule has 0 unspecified atom stereocenters. The second kappa shape index (κ2) is 6.56. The van der Waals surface area contributed by atoms with Crippen molar-refractivity contribution in [3.8, 4) is 0 Å². The minimum Gasteiger partial charge on any atom is -0.319 e. The molecule has 9 heteroatoms. The van der Waals surface area contributed by atoms with Crippen LogP contribution in [0.15, 0.2) is 42.9 Å².